The zero-order valence-corrected chi connectivity index (χ0v) is 30.5. The van der Waals surface area contributed by atoms with Gasteiger partial charge < -0.3 is 4.57 Å². The zero-order chi connectivity index (χ0) is 37.0. The monoisotopic (exact) mass is 713 g/mol. The number of para-hydroxylation sites is 2. The van der Waals surface area contributed by atoms with E-state index in [1.54, 1.807) is 0 Å². The van der Waals surface area contributed by atoms with Gasteiger partial charge in [0, 0.05) is 38.5 Å². The predicted octanol–water partition coefficient (Wildman–Crippen LogP) is 13.9. The molecule has 3 heterocycles. The van der Waals surface area contributed by atoms with Gasteiger partial charge in [0.2, 0.25) is 0 Å². The average Bonchev–Trinajstić information content (AvgIpc) is 3.84. The Morgan fingerprint density at radius 1 is 0.339 bits per heavy atom. The molecule has 0 amide bonds. The third-order valence-electron chi connectivity index (χ3n) is 11.1. The zero-order valence-electron chi connectivity index (χ0n) is 30.5. The fraction of sp³-hybridized carbons (Fsp3) is 0. The number of aromatic nitrogens is 3. The SMILES string of the molecule is c1ccc(-c2nn3c(-c4ccccc4)cc4cc(-c5ccc(-c6ccc7c(c6)c6ccccc6n7-c6ccccc6)cc5)ccc4c3c2-c2ccccc2)cc1. The maximum Gasteiger partial charge on any atom is 0.101 e. The Bertz CT molecular complexity index is 3200. The second-order valence-corrected chi connectivity index (χ2v) is 14.4. The Hall–Kier alpha value is -7.49. The summed E-state index contributed by atoms with van der Waals surface area (Å²) < 4.78 is 4.52. The fourth-order valence-electron chi connectivity index (χ4n) is 8.48. The Kier molecular flexibility index (Phi) is 7.49. The van der Waals surface area contributed by atoms with Gasteiger partial charge in [-0.2, -0.15) is 5.10 Å². The van der Waals surface area contributed by atoms with Crippen LogP contribution < -0.4 is 0 Å². The summed E-state index contributed by atoms with van der Waals surface area (Å²) in [6, 6.07) is 76.2. The normalized spacial score (nSPS) is 11.6. The molecule has 0 N–H and O–H groups in total. The topological polar surface area (TPSA) is 22.2 Å². The van der Waals surface area contributed by atoms with Crippen molar-refractivity contribution in [1.29, 1.82) is 0 Å². The standard InChI is InChI=1S/C53H35N3/c1-5-15-38(16-6-1)50-35-43-33-41(29-31-45(43)53-51(39-17-7-2-8-18-39)52(54-56(50)53)40-19-9-3-10-20-40)36-25-27-37(28-26-36)42-30-32-49-47(34-42)46-23-13-14-24-48(46)55(49)44-21-11-4-12-22-44/h1-35H. The van der Waals surface area contributed by atoms with E-state index < -0.39 is 0 Å². The molecule has 0 atom stereocenters. The van der Waals surface area contributed by atoms with E-state index >= 15 is 0 Å². The maximum absolute atomic E-state index is 5.37. The minimum atomic E-state index is 0.976. The van der Waals surface area contributed by atoms with Gasteiger partial charge in [0.05, 0.1) is 22.2 Å². The number of pyridine rings is 1. The van der Waals surface area contributed by atoms with Crippen LogP contribution in [0.25, 0.3) is 99.7 Å². The van der Waals surface area contributed by atoms with Gasteiger partial charge >= 0.3 is 0 Å². The van der Waals surface area contributed by atoms with Crippen LogP contribution >= 0.6 is 0 Å². The van der Waals surface area contributed by atoms with Crippen LogP contribution in [0.15, 0.2) is 212 Å². The van der Waals surface area contributed by atoms with E-state index in [1.165, 1.54) is 60.5 Å². The van der Waals surface area contributed by atoms with Gasteiger partial charge in [-0.15, -0.1) is 0 Å². The molecule has 56 heavy (non-hydrogen) atoms. The molecule has 3 heteroatoms. The van der Waals surface area contributed by atoms with Crippen molar-refractivity contribution < 1.29 is 0 Å². The minimum absolute atomic E-state index is 0.976. The van der Waals surface area contributed by atoms with Gasteiger partial charge in [0.25, 0.3) is 0 Å². The van der Waals surface area contributed by atoms with Gasteiger partial charge in [-0.3, -0.25) is 0 Å². The molecular formula is C53H35N3. The number of benzene rings is 8. The van der Waals surface area contributed by atoms with Crippen molar-refractivity contribution in [1.82, 2.24) is 14.2 Å². The Morgan fingerprint density at radius 2 is 0.875 bits per heavy atom. The molecule has 0 aliphatic heterocycles. The molecule has 8 aromatic carbocycles. The number of hydrogen-bond donors (Lipinski definition) is 0. The Morgan fingerprint density at radius 3 is 1.57 bits per heavy atom. The van der Waals surface area contributed by atoms with Crippen molar-refractivity contribution in [3.05, 3.63) is 212 Å². The Labute approximate surface area is 325 Å². The highest BCUT2D eigenvalue weighted by Gasteiger charge is 2.22. The van der Waals surface area contributed by atoms with Gasteiger partial charge in [-0.05, 0) is 75.7 Å². The molecule has 3 nitrogen and oxygen atoms in total. The van der Waals surface area contributed by atoms with Crippen molar-refractivity contribution in [2.75, 3.05) is 0 Å². The largest absolute Gasteiger partial charge is 0.309 e. The van der Waals surface area contributed by atoms with Crippen molar-refractivity contribution >= 4 is 38.1 Å². The van der Waals surface area contributed by atoms with Crippen LogP contribution in [0.5, 0.6) is 0 Å². The second-order valence-electron chi connectivity index (χ2n) is 14.4. The lowest BCUT2D eigenvalue weighted by Gasteiger charge is -2.12. The number of nitrogens with zero attached hydrogens (tertiary/aromatic N) is 3. The lowest BCUT2D eigenvalue weighted by atomic mass is 9.94. The van der Waals surface area contributed by atoms with Gasteiger partial charge in [0.1, 0.15) is 5.69 Å². The number of fused-ring (bicyclic) bond motifs is 6. The van der Waals surface area contributed by atoms with Crippen molar-refractivity contribution in [3.8, 4) is 61.6 Å². The summed E-state index contributed by atoms with van der Waals surface area (Å²) in [6.07, 6.45) is 0. The van der Waals surface area contributed by atoms with Crippen molar-refractivity contribution in [2.24, 2.45) is 0 Å². The lowest BCUT2D eigenvalue weighted by molar-refractivity contribution is 0.979. The van der Waals surface area contributed by atoms with Crippen LogP contribution in [0, 0.1) is 0 Å². The molecule has 0 saturated heterocycles. The summed E-state index contributed by atoms with van der Waals surface area (Å²) in [4.78, 5) is 0. The molecule has 0 spiro atoms. The van der Waals surface area contributed by atoms with E-state index in [9.17, 15) is 0 Å². The molecule has 262 valence electrons. The Balaban J connectivity index is 1.05. The predicted molar refractivity (Wildman–Crippen MR) is 234 cm³/mol. The maximum atomic E-state index is 5.37. The molecule has 0 aliphatic rings. The molecule has 0 fully saturated rings. The smallest absolute Gasteiger partial charge is 0.101 e. The summed E-state index contributed by atoms with van der Waals surface area (Å²) in [5.74, 6) is 0. The highest BCUT2D eigenvalue weighted by molar-refractivity contribution is 6.11. The summed E-state index contributed by atoms with van der Waals surface area (Å²) in [6.45, 7) is 0. The highest BCUT2D eigenvalue weighted by atomic mass is 15.2. The molecule has 0 saturated carbocycles. The van der Waals surface area contributed by atoms with E-state index in [2.05, 4.69) is 221 Å². The number of rotatable bonds is 6. The van der Waals surface area contributed by atoms with Crippen LogP contribution in [0.3, 0.4) is 0 Å². The van der Waals surface area contributed by atoms with Crippen LogP contribution in [-0.4, -0.2) is 14.2 Å². The minimum Gasteiger partial charge on any atom is -0.309 e. The first-order chi connectivity index (χ1) is 27.8. The van der Waals surface area contributed by atoms with Crippen LogP contribution in [0.1, 0.15) is 0 Å². The molecule has 11 aromatic rings. The quantitative estimate of drug-likeness (QED) is 0.168. The number of hydrogen-bond acceptors (Lipinski definition) is 1. The molecule has 3 aromatic heterocycles. The molecule has 0 aliphatic carbocycles. The van der Waals surface area contributed by atoms with Gasteiger partial charge in [-0.1, -0.05) is 170 Å². The van der Waals surface area contributed by atoms with Crippen LogP contribution in [-0.2, 0) is 0 Å². The average molecular weight is 714 g/mol. The van der Waals surface area contributed by atoms with E-state index in [0.717, 1.165) is 39.2 Å². The fourth-order valence-corrected chi connectivity index (χ4v) is 8.48. The van der Waals surface area contributed by atoms with Gasteiger partial charge in [-0.25, -0.2) is 4.52 Å². The third-order valence-corrected chi connectivity index (χ3v) is 11.1. The first kappa shape index (κ1) is 32.0. The molecule has 0 radical (unpaired) electrons. The highest BCUT2D eigenvalue weighted by Crippen LogP contribution is 2.42. The first-order valence-corrected chi connectivity index (χ1v) is 19.1. The molecule has 0 bridgehead atoms. The van der Waals surface area contributed by atoms with Crippen LogP contribution in [0.4, 0.5) is 0 Å². The summed E-state index contributed by atoms with van der Waals surface area (Å²) >= 11 is 0. The van der Waals surface area contributed by atoms with E-state index in [0.29, 0.717) is 0 Å². The second kappa shape index (κ2) is 13.1. The van der Waals surface area contributed by atoms with E-state index in [4.69, 9.17) is 5.10 Å². The third kappa shape index (κ3) is 5.25. The summed E-state index contributed by atoms with van der Waals surface area (Å²) in [7, 11) is 0. The van der Waals surface area contributed by atoms with E-state index in [1.807, 2.05) is 0 Å². The molecule has 11 rings (SSSR count). The summed E-state index contributed by atoms with van der Waals surface area (Å²) in [5, 5.41) is 10.2. The van der Waals surface area contributed by atoms with Crippen LogP contribution in [0.2, 0.25) is 0 Å². The lowest BCUT2D eigenvalue weighted by Crippen LogP contribution is -1.96. The molecule has 0 unspecified atom stereocenters. The first-order valence-electron chi connectivity index (χ1n) is 19.1. The van der Waals surface area contributed by atoms with Gasteiger partial charge in [0.15, 0.2) is 0 Å². The van der Waals surface area contributed by atoms with Crippen molar-refractivity contribution in [2.45, 2.75) is 0 Å². The molecular weight excluding hydrogens is 679 g/mol. The summed E-state index contributed by atoms with van der Waals surface area (Å²) in [5.41, 5.74) is 16.0. The van der Waals surface area contributed by atoms with E-state index in [-0.39, 0.29) is 0 Å². The van der Waals surface area contributed by atoms with Crippen molar-refractivity contribution in [3.63, 3.8) is 0 Å².